The Morgan fingerprint density at radius 1 is 1.38 bits per heavy atom. The van der Waals surface area contributed by atoms with Gasteiger partial charge in [-0.05, 0) is 30.5 Å². The Balaban J connectivity index is 1.99. The van der Waals surface area contributed by atoms with Crippen molar-refractivity contribution in [3.8, 4) is 0 Å². The van der Waals surface area contributed by atoms with Gasteiger partial charge in [0.2, 0.25) is 5.91 Å². The second kappa shape index (κ2) is 5.48. The first-order valence-electron chi connectivity index (χ1n) is 5.75. The number of anilines is 1. The number of hydrogen-bond donors (Lipinski definition) is 1. The van der Waals surface area contributed by atoms with Gasteiger partial charge >= 0.3 is 0 Å². The van der Waals surface area contributed by atoms with E-state index in [1.54, 1.807) is 0 Å². The molecule has 0 unspecified atom stereocenters. The Labute approximate surface area is 105 Å². The van der Waals surface area contributed by atoms with Gasteiger partial charge in [0.05, 0.1) is 0 Å². The molecule has 1 aliphatic rings. The summed E-state index contributed by atoms with van der Waals surface area (Å²) in [6.45, 7) is 0. The molecule has 0 atom stereocenters. The highest BCUT2D eigenvalue weighted by Crippen LogP contribution is 2.26. The van der Waals surface area contributed by atoms with E-state index >= 15 is 0 Å². The van der Waals surface area contributed by atoms with Crippen molar-refractivity contribution in [1.29, 1.82) is 0 Å². The third kappa shape index (κ3) is 2.85. The van der Waals surface area contributed by atoms with Gasteiger partial charge in [0.15, 0.2) is 0 Å². The van der Waals surface area contributed by atoms with Crippen LogP contribution in [0.25, 0.3) is 0 Å². The maximum atomic E-state index is 11.9. The van der Waals surface area contributed by atoms with E-state index in [0.29, 0.717) is 0 Å². The quantitative estimate of drug-likeness (QED) is 0.841. The first kappa shape index (κ1) is 11.6. The summed E-state index contributed by atoms with van der Waals surface area (Å²) in [5, 5.41) is 3.82. The van der Waals surface area contributed by atoms with Gasteiger partial charge in [0.1, 0.15) is 0 Å². The van der Waals surface area contributed by atoms with Crippen LogP contribution >= 0.6 is 15.9 Å². The van der Waals surface area contributed by atoms with E-state index in [0.717, 1.165) is 23.9 Å². The smallest absolute Gasteiger partial charge is 0.227 e. The first-order valence-corrected chi connectivity index (χ1v) is 6.87. The maximum Gasteiger partial charge on any atom is 0.227 e. The predicted octanol–water partition coefficient (Wildman–Crippen LogP) is 3.71. The lowest BCUT2D eigenvalue weighted by atomic mass is 10.1. The Kier molecular flexibility index (Phi) is 3.99. The molecule has 0 saturated heterocycles. The summed E-state index contributed by atoms with van der Waals surface area (Å²) in [6.07, 6.45) is 4.48. The van der Waals surface area contributed by atoms with E-state index in [1.165, 1.54) is 18.4 Å². The fourth-order valence-electron chi connectivity index (χ4n) is 2.16. The number of nitrogens with one attached hydrogen (secondary N) is 1. The van der Waals surface area contributed by atoms with Crippen LogP contribution in [0.4, 0.5) is 5.69 Å². The molecule has 86 valence electrons. The normalized spacial score (nSPS) is 16.3. The number of rotatable bonds is 3. The van der Waals surface area contributed by atoms with Gasteiger partial charge in [0.25, 0.3) is 0 Å². The second-order valence-electron chi connectivity index (χ2n) is 4.30. The van der Waals surface area contributed by atoms with Crippen molar-refractivity contribution in [2.75, 3.05) is 5.32 Å². The number of benzene rings is 1. The molecule has 2 rings (SSSR count). The third-order valence-corrected chi connectivity index (χ3v) is 3.72. The number of carbonyl (C=O) groups is 1. The number of carbonyl (C=O) groups excluding carboxylic acids is 1. The maximum absolute atomic E-state index is 11.9. The average molecular weight is 282 g/mol. The van der Waals surface area contributed by atoms with Gasteiger partial charge in [-0.1, -0.05) is 40.9 Å². The minimum absolute atomic E-state index is 0.184. The van der Waals surface area contributed by atoms with Gasteiger partial charge in [-0.15, -0.1) is 0 Å². The van der Waals surface area contributed by atoms with Crippen LogP contribution in [0.1, 0.15) is 31.2 Å². The monoisotopic (exact) mass is 281 g/mol. The highest BCUT2D eigenvalue weighted by molar-refractivity contribution is 9.08. The second-order valence-corrected chi connectivity index (χ2v) is 4.87. The van der Waals surface area contributed by atoms with E-state index in [4.69, 9.17) is 0 Å². The van der Waals surface area contributed by atoms with Crippen LogP contribution in [0, 0.1) is 5.92 Å². The molecule has 1 aromatic carbocycles. The van der Waals surface area contributed by atoms with E-state index in [2.05, 4.69) is 21.2 Å². The zero-order valence-corrected chi connectivity index (χ0v) is 10.8. The van der Waals surface area contributed by atoms with Gasteiger partial charge < -0.3 is 5.32 Å². The van der Waals surface area contributed by atoms with Crippen LogP contribution < -0.4 is 5.32 Å². The number of halogens is 1. The lowest BCUT2D eigenvalue weighted by molar-refractivity contribution is -0.119. The summed E-state index contributed by atoms with van der Waals surface area (Å²) in [6, 6.07) is 7.97. The van der Waals surface area contributed by atoms with Crippen molar-refractivity contribution in [2.45, 2.75) is 31.0 Å². The molecule has 1 amide bonds. The molecule has 0 spiro atoms. The molecule has 1 aliphatic carbocycles. The van der Waals surface area contributed by atoms with E-state index in [9.17, 15) is 4.79 Å². The molecule has 1 saturated carbocycles. The summed E-state index contributed by atoms with van der Waals surface area (Å²) in [5.41, 5.74) is 2.10. The molecule has 1 N–H and O–H groups in total. The predicted molar refractivity (Wildman–Crippen MR) is 69.7 cm³/mol. The van der Waals surface area contributed by atoms with Crippen molar-refractivity contribution in [3.63, 3.8) is 0 Å². The summed E-state index contributed by atoms with van der Waals surface area (Å²) < 4.78 is 0. The molecule has 16 heavy (non-hydrogen) atoms. The van der Waals surface area contributed by atoms with Crippen LogP contribution in [-0.4, -0.2) is 5.91 Å². The summed E-state index contributed by atoms with van der Waals surface area (Å²) >= 11 is 3.41. The zero-order valence-electron chi connectivity index (χ0n) is 9.21. The SMILES string of the molecule is O=C(Nc1cccc(CBr)c1)C1CCCC1. The molecular formula is C13H16BrNO. The molecule has 0 bridgehead atoms. The van der Waals surface area contributed by atoms with Gasteiger partial charge in [-0.25, -0.2) is 0 Å². The van der Waals surface area contributed by atoms with Crippen molar-refractivity contribution in [3.05, 3.63) is 29.8 Å². The van der Waals surface area contributed by atoms with E-state index in [-0.39, 0.29) is 11.8 Å². The minimum Gasteiger partial charge on any atom is -0.326 e. The number of alkyl halides is 1. The average Bonchev–Trinajstić information content (AvgIpc) is 2.83. The Hall–Kier alpha value is -0.830. The third-order valence-electron chi connectivity index (χ3n) is 3.07. The largest absolute Gasteiger partial charge is 0.326 e. The standard InChI is InChI=1S/C13H16BrNO/c14-9-10-4-3-7-12(8-10)15-13(16)11-5-1-2-6-11/h3-4,7-8,11H,1-2,5-6,9H2,(H,15,16). The van der Waals surface area contributed by atoms with Crippen LogP contribution in [-0.2, 0) is 10.1 Å². The number of hydrogen-bond acceptors (Lipinski definition) is 1. The lowest BCUT2D eigenvalue weighted by Gasteiger charge is -2.10. The van der Waals surface area contributed by atoms with Crippen molar-refractivity contribution >= 4 is 27.5 Å². The van der Waals surface area contributed by atoms with Crippen LogP contribution in [0.5, 0.6) is 0 Å². The van der Waals surface area contributed by atoms with E-state index in [1.807, 2.05) is 24.3 Å². The Morgan fingerprint density at radius 3 is 2.81 bits per heavy atom. The first-order chi connectivity index (χ1) is 7.79. The van der Waals surface area contributed by atoms with Crippen LogP contribution in [0.3, 0.4) is 0 Å². The van der Waals surface area contributed by atoms with Crippen molar-refractivity contribution in [2.24, 2.45) is 5.92 Å². The van der Waals surface area contributed by atoms with Crippen molar-refractivity contribution < 1.29 is 4.79 Å². The topological polar surface area (TPSA) is 29.1 Å². The molecule has 0 radical (unpaired) electrons. The van der Waals surface area contributed by atoms with Crippen LogP contribution in [0.15, 0.2) is 24.3 Å². The summed E-state index contributed by atoms with van der Waals surface area (Å²) in [7, 11) is 0. The molecule has 0 heterocycles. The fraction of sp³-hybridized carbons (Fsp3) is 0.462. The molecule has 2 nitrogen and oxygen atoms in total. The van der Waals surface area contributed by atoms with Gasteiger partial charge in [-0.2, -0.15) is 0 Å². The van der Waals surface area contributed by atoms with Crippen molar-refractivity contribution in [1.82, 2.24) is 0 Å². The van der Waals surface area contributed by atoms with E-state index < -0.39 is 0 Å². The Morgan fingerprint density at radius 2 is 2.12 bits per heavy atom. The number of amides is 1. The molecule has 3 heteroatoms. The Bertz CT molecular complexity index is 372. The fourth-order valence-corrected chi connectivity index (χ4v) is 2.51. The zero-order chi connectivity index (χ0) is 11.4. The highest BCUT2D eigenvalue weighted by atomic mass is 79.9. The lowest BCUT2D eigenvalue weighted by Crippen LogP contribution is -2.20. The summed E-state index contributed by atoms with van der Waals surface area (Å²) in [5.74, 6) is 0.414. The molecule has 0 aromatic heterocycles. The highest BCUT2D eigenvalue weighted by Gasteiger charge is 2.22. The van der Waals surface area contributed by atoms with Crippen LogP contribution in [0.2, 0.25) is 0 Å². The molecule has 0 aliphatic heterocycles. The summed E-state index contributed by atoms with van der Waals surface area (Å²) in [4.78, 5) is 11.9. The molecular weight excluding hydrogens is 266 g/mol. The molecule has 1 fully saturated rings. The minimum atomic E-state index is 0.184. The van der Waals surface area contributed by atoms with Gasteiger partial charge in [-0.3, -0.25) is 4.79 Å². The molecule has 1 aromatic rings. The van der Waals surface area contributed by atoms with Gasteiger partial charge in [0, 0.05) is 16.9 Å².